The molecule has 0 aliphatic heterocycles. The summed E-state index contributed by atoms with van der Waals surface area (Å²) in [5.74, 6) is 0.190. The Hall–Kier alpha value is -2.96. The average Bonchev–Trinajstić information content (AvgIpc) is 3.13. The highest BCUT2D eigenvalue weighted by atomic mass is 16.3. The van der Waals surface area contributed by atoms with Gasteiger partial charge in [0.2, 0.25) is 11.8 Å². The van der Waals surface area contributed by atoms with Crippen LogP contribution in [0.4, 0.5) is 0 Å². The summed E-state index contributed by atoms with van der Waals surface area (Å²) in [6, 6.07) is 7.38. The molecule has 1 aromatic carbocycles. The van der Waals surface area contributed by atoms with Crippen molar-refractivity contribution in [3.8, 4) is 0 Å². The van der Waals surface area contributed by atoms with Gasteiger partial charge in [-0.2, -0.15) is 5.10 Å². The van der Waals surface area contributed by atoms with Gasteiger partial charge in [-0.25, -0.2) is 9.97 Å². The van der Waals surface area contributed by atoms with Gasteiger partial charge in [0, 0.05) is 18.2 Å². The van der Waals surface area contributed by atoms with E-state index < -0.39 is 0 Å². The summed E-state index contributed by atoms with van der Waals surface area (Å²) in [6.07, 6.45) is 6.03. The zero-order valence-corrected chi connectivity index (χ0v) is 12.0. The third-order valence-electron chi connectivity index (χ3n) is 3.00. The van der Waals surface area contributed by atoms with Crippen molar-refractivity contribution in [1.29, 1.82) is 0 Å². The molecule has 0 bridgehead atoms. The SMILES string of the molecule is CC(Cn1cncn1)NC(=O)C=Cc1nc2ccccc2o1. The Kier molecular flexibility index (Phi) is 3.95. The van der Waals surface area contributed by atoms with E-state index in [4.69, 9.17) is 4.42 Å². The number of carbonyl (C=O) groups excluding carboxylic acids is 1. The summed E-state index contributed by atoms with van der Waals surface area (Å²) >= 11 is 0. The summed E-state index contributed by atoms with van der Waals surface area (Å²) in [7, 11) is 0. The molecule has 0 radical (unpaired) electrons. The summed E-state index contributed by atoms with van der Waals surface area (Å²) in [6.45, 7) is 2.45. The monoisotopic (exact) mass is 297 g/mol. The molecule has 0 fully saturated rings. The standard InChI is InChI=1S/C15H15N5O2/c1-11(8-20-10-16-9-17-20)18-14(21)6-7-15-19-12-4-2-3-5-13(12)22-15/h2-7,9-11H,8H2,1H3,(H,18,21). The first-order valence-corrected chi connectivity index (χ1v) is 6.87. The van der Waals surface area contributed by atoms with Crippen molar-refractivity contribution in [2.45, 2.75) is 19.5 Å². The molecule has 1 N–H and O–H groups in total. The van der Waals surface area contributed by atoms with Crippen LogP contribution in [0.15, 0.2) is 47.4 Å². The molecule has 3 aromatic rings. The maximum Gasteiger partial charge on any atom is 0.244 e. The predicted molar refractivity (Wildman–Crippen MR) is 80.7 cm³/mol. The number of nitrogens with zero attached hydrogens (tertiary/aromatic N) is 4. The van der Waals surface area contributed by atoms with E-state index in [1.165, 1.54) is 12.4 Å². The van der Waals surface area contributed by atoms with Crippen LogP contribution in [0.2, 0.25) is 0 Å². The first-order chi connectivity index (χ1) is 10.7. The van der Waals surface area contributed by atoms with Crippen LogP contribution in [-0.4, -0.2) is 31.7 Å². The third-order valence-corrected chi connectivity index (χ3v) is 3.00. The van der Waals surface area contributed by atoms with Crippen molar-refractivity contribution in [2.75, 3.05) is 0 Å². The smallest absolute Gasteiger partial charge is 0.244 e. The molecular weight excluding hydrogens is 282 g/mol. The molecule has 2 aromatic heterocycles. The highest BCUT2D eigenvalue weighted by Crippen LogP contribution is 2.15. The van der Waals surface area contributed by atoms with E-state index in [0.29, 0.717) is 18.0 Å². The lowest BCUT2D eigenvalue weighted by Gasteiger charge is -2.11. The molecule has 7 nitrogen and oxygen atoms in total. The van der Waals surface area contributed by atoms with Crippen molar-refractivity contribution < 1.29 is 9.21 Å². The Morgan fingerprint density at radius 2 is 2.32 bits per heavy atom. The average molecular weight is 297 g/mol. The Morgan fingerprint density at radius 1 is 1.45 bits per heavy atom. The molecule has 112 valence electrons. The van der Waals surface area contributed by atoms with Gasteiger partial charge >= 0.3 is 0 Å². The topological polar surface area (TPSA) is 85.8 Å². The second-order valence-corrected chi connectivity index (χ2v) is 4.88. The molecule has 3 rings (SSSR count). The number of aromatic nitrogens is 4. The van der Waals surface area contributed by atoms with E-state index in [1.807, 2.05) is 31.2 Å². The van der Waals surface area contributed by atoms with Gasteiger partial charge < -0.3 is 9.73 Å². The van der Waals surface area contributed by atoms with Crippen LogP contribution in [0, 0.1) is 0 Å². The largest absolute Gasteiger partial charge is 0.437 e. The fraction of sp³-hybridized carbons (Fsp3) is 0.200. The van der Waals surface area contributed by atoms with Gasteiger partial charge in [0.05, 0.1) is 6.54 Å². The van der Waals surface area contributed by atoms with Crippen LogP contribution in [0.1, 0.15) is 12.8 Å². The second-order valence-electron chi connectivity index (χ2n) is 4.88. The van der Waals surface area contributed by atoms with Gasteiger partial charge in [-0.05, 0) is 19.1 Å². The summed E-state index contributed by atoms with van der Waals surface area (Å²) in [4.78, 5) is 20.0. The summed E-state index contributed by atoms with van der Waals surface area (Å²) in [5, 5.41) is 6.83. The van der Waals surface area contributed by atoms with Crippen LogP contribution in [0.25, 0.3) is 17.2 Å². The van der Waals surface area contributed by atoms with E-state index in [9.17, 15) is 4.79 Å². The number of nitrogens with one attached hydrogen (secondary N) is 1. The van der Waals surface area contributed by atoms with Gasteiger partial charge in [-0.15, -0.1) is 0 Å². The molecule has 2 heterocycles. The van der Waals surface area contributed by atoms with Gasteiger partial charge in [0.25, 0.3) is 0 Å². The third kappa shape index (κ3) is 3.38. The Labute approximate surface area is 126 Å². The van der Waals surface area contributed by atoms with Crippen molar-refractivity contribution >= 4 is 23.1 Å². The molecule has 0 saturated heterocycles. The van der Waals surface area contributed by atoms with Gasteiger partial charge in [0.15, 0.2) is 5.58 Å². The van der Waals surface area contributed by atoms with Gasteiger partial charge in [-0.3, -0.25) is 9.48 Å². The maximum atomic E-state index is 11.9. The van der Waals surface area contributed by atoms with E-state index in [0.717, 1.165) is 5.52 Å². The Morgan fingerprint density at radius 3 is 3.09 bits per heavy atom. The number of amides is 1. The quantitative estimate of drug-likeness (QED) is 0.723. The molecule has 0 saturated carbocycles. The van der Waals surface area contributed by atoms with Crippen molar-refractivity contribution in [3.05, 3.63) is 48.9 Å². The highest BCUT2D eigenvalue weighted by molar-refractivity contribution is 5.91. The highest BCUT2D eigenvalue weighted by Gasteiger charge is 2.07. The van der Waals surface area contributed by atoms with Crippen LogP contribution in [-0.2, 0) is 11.3 Å². The maximum absolute atomic E-state index is 11.9. The van der Waals surface area contributed by atoms with E-state index in [2.05, 4.69) is 20.4 Å². The first-order valence-electron chi connectivity index (χ1n) is 6.87. The minimum absolute atomic E-state index is 0.0671. The number of para-hydroxylation sites is 2. The normalized spacial score (nSPS) is 12.8. The second kappa shape index (κ2) is 6.21. The number of rotatable bonds is 5. The number of benzene rings is 1. The number of carbonyl (C=O) groups is 1. The fourth-order valence-corrected chi connectivity index (χ4v) is 2.05. The van der Waals surface area contributed by atoms with Crippen LogP contribution < -0.4 is 5.32 Å². The van der Waals surface area contributed by atoms with E-state index in [1.54, 1.807) is 17.1 Å². The van der Waals surface area contributed by atoms with E-state index >= 15 is 0 Å². The van der Waals surface area contributed by atoms with Crippen LogP contribution in [0.3, 0.4) is 0 Å². The van der Waals surface area contributed by atoms with Crippen LogP contribution in [0.5, 0.6) is 0 Å². The fourth-order valence-electron chi connectivity index (χ4n) is 2.05. The number of hydrogen-bond donors (Lipinski definition) is 1. The molecule has 0 aliphatic carbocycles. The molecule has 7 heteroatoms. The first kappa shape index (κ1) is 14.0. The van der Waals surface area contributed by atoms with Gasteiger partial charge in [0.1, 0.15) is 18.2 Å². The van der Waals surface area contributed by atoms with Crippen LogP contribution >= 0.6 is 0 Å². The minimum Gasteiger partial charge on any atom is -0.437 e. The molecule has 1 amide bonds. The zero-order chi connectivity index (χ0) is 15.4. The lowest BCUT2D eigenvalue weighted by molar-refractivity contribution is -0.117. The molecule has 22 heavy (non-hydrogen) atoms. The van der Waals surface area contributed by atoms with Crippen molar-refractivity contribution in [3.63, 3.8) is 0 Å². The lowest BCUT2D eigenvalue weighted by atomic mass is 10.3. The van der Waals surface area contributed by atoms with E-state index in [-0.39, 0.29) is 11.9 Å². The van der Waals surface area contributed by atoms with Crippen molar-refractivity contribution in [1.82, 2.24) is 25.1 Å². The lowest BCUT2D eigenvalue weighted by Crippen LogP contribution is -2.34. The van der Waals surface area contributed by atoms with Crippen molar-refractivity contribution in [2.24, 2.45) is 0 Å². The zero-order valence-electron chi connectivity index (χ0n) is 12.0. The number of hydrogen-bond acceptors (Lipinski definition) is 5. The predicted octanol–water partition coefficient (Wildman–Crippen LogP) is 1.64. The summed E-state index contributed by atoms with van der Waals surface area (Å²) < 4.78 is 7.17. The summed E-state index contributed by atoms with van der Waals surface area (Å²) in [5.41, 5.74) is 1.46. The Balaban J connectivity index is 1.58. The molecule has 1 atom stereocenters. The minimum atomic E-state index is -0.213. The molecule has 0 aliphatic rings. The molecular formula is C15H15N5O2. The molecule has 0 spiro atoms. The molecule has 1 unspecified atom stereocenters. The Bertz CT molecular complexity index is 758. The number of oxazole rings is 1. The number of fused-ring (bicyclic) bond motifs is 1. The van der Waals surface area contributed by atoms with Gasteiger partial charge in [-0.1, -0.05) is 12.1 Å².